The van der Waals surface area contributed by atoms with E-state index in [1.54, 1.807) is 42.3 Å². The summed E-state index contributed by atoms with van der Waals surface area (Å²) < 4.78 is 5.13. The third-order valence-electron chi connectivity index (χ3n) is 8.40. The van der Waals surface area contributed by atoms with E-state index >= 15 is 0 Å². The average Bonchev–Trinajstić information content (AvgIpc) is 2.78. The van der Waals surface area contributed by atoms with Crippen molar-refractivity contribution >= 4 is 41.7 Å². The van der Waals surface area contributed by atoms with Crippen LogP contribution >= 0.6 is 23.4 Å². The molecule has 0 unspecified atom stereocenters. The zero-order valence-electron chi connectivity index (χ0n) is 17.6. The van der Waals surface area contributed by atoms with E-state index in [9.17, 15) is 0 Å². The first-order chi connectivity index (χ1) is 13.8. The van der Waals surface area contributed by atoms with Crippen molar-refractivity contribution in [3.8, 4) is 0 Å². The van der Waals surface area contributed by atoms with Crippen molar-refractivity contribution < 1.29 is 0 Å². The molecule has 3 fully saturated rings. The first-order valence-electron chi connectivity index (χ1n) is 12.2. The predicted octanol–water partition coefficient (Wildman–Crippen LogP) is 9.42. The number of benzene rings is 1. The van der Waals surface area contributed by atoms with Crippen molar-refractivity contribution in [2.75, 3.05) is 3.77 Å². The molecule has 0 radical (unpaired) electrons. The van der Waals surface area contributed by atoms with Gasteiger partial charge < -0.3 is 0 Å². The van der Waals surface area contributed by atoms with Crippen molar-refractivity contribution in [3.63, 3.8) is 0 Å². The van der Waals surface area contributed by atoms with Gasteiger partial charge in [-0.3, -0.25) is 0 Å². The predicted molar refractivity (Wildman–Crippen MR) is 128 cm³/mol. The maximum atomic E-state index is 6.17. The van der Waals surface area contributed by atoms with Crippen LogP contribution in [0.5, 0.6) is 0 Å². The Labute approximate surface area is 186 Å². The molecule has 28 heavy (non-hydrogen) atoms. The number of halogens is 1. The molecule has 0 spiro atoms. The first-order valence-corrected chi connectivity index (χ1v) is 20.5. The molecule has 3 heteroatoms. The monoisotopic (exact) mass is 526 g/mol. The molecule has 0 atom stereocenters. The van der Waals surface area contributed by atoms with Crippen LogP contribution in [0.4, 0.5) is 0 Å². The molecule has 0 heterocycles. The Morgan fingerprint density at radius 2 is 1.04 bits per heavy atom. The molecule has 0 aliphatic heterocycles. The van der Waals surface area contributed by atoms with Gasteiger partial charge in [0.05, 0.1) is 0 Å². The fourth-order valence-corrected chi connectivity index (χ4v) is 36.6. The summed E-state index contributed by atoms with van der Waals surface area (Å²) in [6.45, 7) is 0. The molecule has 156 valence electrons. The van der Waals surface area contributed by atoms with E-state index in [2.05, 4.69) is 36.0 Å². The van der Waals surface area contributed by atoms with Crippen LogP contribution in [0.2, 0.25) is 16.8 Å². The zero-order valence-corrected chi connectivity index (χ0v) is 22.1. The molecular weight excluding hydrogens is 487 g/mol. The second kappa shape index (κ2) is 10.8. The van der Waals surface area contributed by atoms with E-state index < -0.39 is 18.4 Å². The van der Waals surface area contributed by atoms with Crippen LogP contribution in [0.25, 0.3) is 0 Å². The Balaban J connectivity index is 1.63. The number of hydrogen-bond acceptors (Lipinski definition) is 1. The van der Waals surface area contributed by atoms with Crippen LogP contribution in [-0.2, 0) is 0 Å². The number of thioether (sulfide) groups is 1. The summed E-state index contributed by atoms with van der Waals surface area (Å²) in [5.41, 5.74) is 0. The van der Waals surface area contributed by atoms with Crippen LogP contribution in [0.3, 0.4) is 0 Å². The minimum absolute atomic E-state index is 0.881. The topological polar surface area (TPSA) is 0 Å². The summed E-state index contributed by atoms with van der Waals surface area (Å²) in [4.78, 5) is 1.48. The molecule has 4 rings (SSSR count). The Hall–Kier alpha value is 0.659. The van der Waals surface area contributed by atoms with Crippen molar-refractivity contribution in [2.24, 2.45) is 0 Å². The van der Waals surface area contributed by atoms with Crippen LogP contribution in [-0.4, -0.2) is 22.1 Å². The Kier molecular flexibility index (Phi) is 8.44. The molecule has 0 aromatic heterocycles. The van der Waals surface area contributed by atoms with Crippen molar-refractivity contribution in [1.29, 1.82) is 0 Å². The SMILES string of the molecule is Clc1ccc(S[CH2][Sn]([CH]2CCCCC2)([CH]2CCCCC2)[CH]2CCCCC2)cc1. The number of rotatable bonds is 6. The minimum atomic E-state index is -2.36. The quantitative estimate of drug-likeness (QED) is 0.263. The molecule has 3 aliphatic carbocycles. The van der Waals surface area contributed by atoms with Gasteiger partial charge in [0.2, 0.25) is 0 Å². The van der Waals surface area contributed by atoms with E-state index in [0.717, 1.165) is 5.02 Å². The van der Waals surface area contributed by atoms with Gasteiger partial charge in [-0.15, -0.1) is 0 Å². The number of hydrogen-bond donors (Lipinski definition) is 0. The fourth-order valence-electron chi connectivity index (χ4n) is 7.01. The van der Waals surface area contributed by atoms with Crippen LogP contribution in [0.1, 0.15) is 96.3 Å². The Bertz CT molecular complexity index is 538. The van der Waals surface area contributed by atoms with E-state index in [-0.39, 0.29) is 0 Å². The zero-order chi connectivity index (χ0) is 19.2. The van der Waals surface area contributed by atoms with Gasteiger partial charge in [-0.1, -0.05) is 0 Å². The van der Waals surface area contributed by atoms with Gasteiger partial charge in [0.15, 0.2) is 0 Å². The summed E-state index contributed by atoms with van der Waals surface area (Å²) >= 11 is 6.07. The van der Waals surface area contributed by atoms with Gasteiger partial charge >= 0.3 is 188 Å². The maximum absolute atomic E-state index is 6.17. The Morgan fingerprint density at radius 3 is 1.43 bits per heavy atom. The molecule has 0 bridgehead atoms. The van der Waals surface area contributed by atoms with Gasteiger partial charge in [0, 0.05) is 0 Å². The summed E-state index contributed by atoms with van der Waals surface area (Å²) in [7, 11) is 0. The molecule has 0 nitrogen and oxygen atoms in total. The second-order valence-corrected chi connectivity index (χ2v) is 27.2. The molecule has 0 saturated heterocycles. The van der Waals surface area contributed by atoms with Crippen molar-refractivity contribution in [2.45, 2.75) is 113 Å². The average molecular weight is 526 g/mol. The molecule has 1 aromatic carbocycles. The standard InChI is InChI=1S/C7H6ClS.3C6H11.Sn/c1-9-7-4-2-6(8)3-5-7;3*1-2-4-6-5-3-1;/h2-5H,1H2;3*1H,2-6H2;. The van der Waals surface area contributed by atoms with Crippen molar-refractivity contribution in [1.82, 2.24) is 0 Å². The molecule has 3 saturated carbocycles. The third kappa shape index (κ3) is 5.10. The van der Waals surface area contributed by atoms with Crippen LogP contribution in [0.15, 0.2) is 29.2 Å². The van der Waals surface area contributed by atoms with Crippen molar-refractivity contribution in [3.05, 3.63) is 29.3 Å². The van der Waals surface area contributed by atoms with Gasteiger partial charge in [0.1, 0.15) is 0 Å². The summed E-state index contributed by atoms with van der Waals surface area (Å²) in [6.07, 6.45) is 23.4. The molecule has 0 amide bonds. The van der Waals surface area contributed by atoms with Gasteiger partial charge in [-0.2, -0.15) is 0 Å². The van der Waals surface area contributed by atoms with E-state index in [1.807, 2.05) is 0 Å². The first kappa shape index (κ1) is 21.9. The molecular formula is C25H39ClSSn. The van der Waals surface area contributed by atoms with E-state index in [1.165, 1.54) is 74.5 Å². The van der Waals surface area contributed by atoms with Gasteiger partial charge in [-0.25, -0.2) is 0 Å². The fraction of sp³-hybridized carbons (Fsp3) is 0.760. The van der Waals surface area contributed by atoms with Gasteiger partial charge in [0.25, 0.3) is 0 Å². The van der Waals surface area contributed by atoms with E-state index in [4.69, 9.17) is 11.6 Å². The molecule has 0 N–H and O–H groups in total. The molecule has 1 aromatic rings. The van der Waals surface area contributed by atoms with Gasteiger partial charge in [-0.05, 0) is 0 Å². The second-order valence-electron chi connectivity index (χ2n) is 9.86. The summed E-state index contributed by atoms with van der Waals surface area (Å²) in [5.74, 6) is 0. The van der Waals surface area contributed by atoms with E-state index in [0.29, 0.717) is 0 Å². The molecule has 3 aliphatic rings. The third-order valence-corrected chi connectivity index (χ3v) is 33.4. The Morgan fingerprint density at radius 1 is 0.643 bits per heavy atom. The van der Waals surface area contributed by atoms with Crippen LogP contribution < -0.4 is 0 Å². The summed E-state index contributed by atoms with van der Waals surface area (Å²) in [5, 5.41) is 0.881. The normalized spacial score (nSPS) is 23.8. The summed E-state index contributed by atoms with van der Waals surface area (Å²) in [6, 6.07) is 8.77. The van der Waals surface area contributed by atoms with Crippen LogP contribution in [0, 0.1) is 0 Å².